The van der Waals surface area contributed by atoms with Crippen LogP contribution < -0.4 is 5.32 Å². The van der Waals surface area contributed by atoms with E-state index in [2.05, 4.69) is 20.5 Å². The fourth-order valence-electron chi connectivity index (χ4n) is 4.04. The fourth-order valence-corrected chi connectivity index (χ4v) is 4.04. The quantitative estimate of drug-likeness (QED) is 0.889. The molecule has 1 saturated carbocycles. The molecule has 1 N–H and O–H groups in total. The van der Waals surface area contributed by atoms with Gasteiger partial charge in [-0.25, -0.2) is 4.68 Å². The number of carbonyl (C=O) groups excluding carboxylic acids is 1. The van der Waals surface area contributed by atoms with E-state index in [1.165, 1.54) is 25.7 Å². The first-order valence-corrected chi connectivity index (χ1v) is 8.26. The largest absolute Gasteiger partial charge is 0.334 e. The molecule has 3 fully saturated rings. The van der Waals surface area contributed by atoms with E-state index in [-0.39, 0.29) is 5.91 Å². The van der Waals surface area contributed by atoms with Gasteiger partial charge in [-0.05, 0) is 31.6 Å². The second-order valence-corrected chi connectivity index (χ2v) is 6.65. The summed E-state index contributed by atoms with van der Waals surface area (Å²) in [5.41, 5.74) is 0.521. The first-order valence-electron chi connectivity index (χ1n) is 8.26. The SMILES string of the molecule is O=C(c1cn(C2CNC2)nn1)N1CCCC2CCCCC21. The van der Waals surface area contributed by atoms with Gasteiger partial charge in [-0.2, -0.15) is 0 Å². The van der Waals surface area contributed by atoms with Gasteiger partial charge in [0.05, 0.1) is 12.2 Å². The monoisotopic (exact) mass is 289 g/mol. The van der Waals surface area contributed by atoms with E-state index in [9.17, 15) is 4.79 Å². The van der Waals surface area contributed by atoms with Crippen LogP contribution in [-0.2, 0) is 0 Å². The molecule has 0 bridgehead atoms. The first kappa shape index (κ1) is 13.2. The lowest BCUT2D eigenvalue weighted by molar-refractivity contribution is 0.0385. The average molecular weight is 289 g/mol. The Morgan fingerprint density at radius 3 is 2.81 bits per heavy atom. The van der Waals surface area contributed by atoms with Crippen LogP contribution in [0.2, 0.25) is 0 Å². The molecule has 6 heteroatoms. The Morgan fingerprint density at radius 1 is 1.19 bits per heavy atom. The molecule has 3 heterocycles. The molecule has 6 nitrogen and oxygen atoms in total. The molecule has 21 heavy (non-hydrogen) atoms. The van der Waals surface area contributed by atoms with E-state index in [0.717, 1.165) is 32.5 Å². The van der Waals surface area contributed by atoms with Crippen molar-refractivity contribution < 1.29 is 4.79 Å². The number of fused-ring (bicyclic) bond motifs is 1. The highest BCUT2D eigenvalue weighted by molar-refractivity contribution is 5.92. The number of carbonyl (C=O) groups is 1. The van der Waals surface area contributed by atoms with Gasteiger partial charge < -0.3 is 10.2 Å². The molecule has 2 atom stereocenters. The van der Waals surface area contributed by atoms with Crippen LogP contribution in [0.4, 0.5) is 0 Å². The van der Waals surface area contributed by atoms with E-state index in [4.69, 9.17) is 0 Å². The Bertz CT molecular complexity index is 522. The standard InChI is InChI=1S/C15H23N5O/c21-15(13-10-20(18-17-13)12-8-16-9-12)19-7-3-5-11-4-1-2-6-14(11)19/h10-12,14,16H,1-9H2. The van der Waals surface area contributed by atoms with Gasteiger partial charge in [-0.15, -0.1) is 5.10 Å². The molecule has 2 saturated heterocycles. The van der Waals surface area contributed by atoms with Gasteiger partial charge in [0.1, 0.15) is 0 Å². The maximum absolute atomic E-state index is 12.8. The molecule has 4 rings (SSSR count). The Hall–Kier alpha value is -1.43. The summed E-state index contributed by atoms with van der Waals surface area (Å²) in [5.74, 6) is 0.799. The second-order valence-electron chi connectivity index (χ2n) is 6.65. The number of piperidine rings is 1. The predicted octanol–water partition coefficient (Wildman–Crippen LogP) is 1.22. The van der Waals surface area contributed by atoms with Crippen LogP contribution in [0.5, 0.6) is 0 Å². The van der Waals surface area contributed by atoms with Crippen LogP contribution >= 0.6 is 0 Å². The van der Waals surface area contributed by atoms with Crippen molar-refractivity contribution in [2.24, 2.45) is 5.92 Å². The normalized spacial score (nSPS) is 29.8. The van der Waals surface area contributed by atoms with Crippen molar-refractivity contribution in [3.63, 3.8) is 0 Å². The zero-order valence-electron chi connectivity index (χ0n) is 12.4. The van der Waals surface area contributed by atoms with Gasteiger partial charge >= 0.3 is 0 Å². The molecule has 3 aliphatic rings. The summed E-state index contributed by atoms with van der Waals surface area (Å²) >= 11 is 0. The van der Waals surface area contributed by atoms with Crippen molar-refractivity contribution >= 4 is 5.91 Å². The summed E-state index contributed by atoms with van der Waals surface area (Å²) in [6, 6.07) is 0.804. The second kappa shape index (κ2) is 5.40. The number of nitrogens with zero attached hydrogens (tertiary/aromatic N) is 4. The highest BCUT2D eigenvalue weighted by atomic mass is 16.2. The topological polar surface area (TPSA) is 63.1 Å². The minimum absolute atomic E-state index is 0.0881. The maximum atomic E-state index is 12.8. The van der Waals surface area contributed by atoms with E-state index in [1.54, 1.807) is 0 Å². The van der Waals surface area contributed by atoms with Crippen LogP contribution in [0.3, 0.4) is 0 Å². The zero-order valence-corrected chi connectivity index (χ0v) is 12.4. The Morgan fingerprint density at radius 2 is 2.00 bits per heavy atom. The Balaban J connectivity index is 1.51. The van der Waals surface area contributed by atoms with Gasteiger partial charge in [0.2, 0.25) is 0 Å². The van der Waals surface area contributed by atoms with Crippen LogP contribution in [-0.4, -0.2) is 51.5 Å². The molecule has 0 radical (unpaired) electrons. The van der Waals surface area contributed by atoms with Crippen LogP contribution in [0.25, 0.3) is 0 Å². The molecule has 1 aromatic heterocycles. The number of hydrogen-bond acceptors (Lipinski definition) is 4. The third-order valence-corrected chi connectivity index (χ3v) is 5.37. The summed E-state index contributed by atoms with van der Waals surface area (Å²) in [5, 5.41) is 11.5. The van der Waals surface area contributed by atoms with Crippen LogP contribution in [0, 0.1) is 5.92 Å². The molecule has 0 aromatic carbocycles. The molecule has 0 spiro atoms. The summed E-state index contributed by atoms with van der Waals surface area (Å²) in [6.45, 7) is 2.73. The molecule has 2 unspecified atom stereocenters. The van der Waals surface area contributed by atoms with Crippen molar-refractivity contribution in [2.45, 2.75) is 50.6 Å². The summed E-state index contributed by atoms with van der Waals surface area (Å²) in [4.78, 5) is 14.9. The van der Waals surface area contributed by atoms with Crippen molar-refractivity contribution in [1.29, 1.82) is 0 Å². The molecular weight excluding hydrogens is 266 g/mol. The molecule has 2 aliphatic heterocycles. The minimum atomic E-state index is 0.0881. The van der Waals surface area contributed by atoms with Crippen LogP contribution in [0.1, 0.15) is 55.1 Å². The van der Waals surface area contributed by atoms with Gasteiger partial charge in [-0.1, -0.05) is 18.1 Å². The fraction of sp³-hybridized carbons (Fsp3) is 0.800. The van der Waals surface area contributed by atoms with Crippen molar-refractivity contribution in [3.8, 4) is 0 Å². The van der Waals surface area contributed by atoms with Gasteiger partial charge in [0.25, 0.3) is 5.91 Å². The van der Waals surface area contributed by atoms with Gasteiger partial charge in [0.15, 0.2) is 5.69 Å². The highest BCUT2D eigenvalue weighted by Crippen LogP contribution is 2.35. The van der Waals surface area contributed by atoms with Crippen molar-refractivity contribution in [1.82, 2.24) is 25.2 Å². The van der Waals surface area contributed by atoms with Gasteiger partial charge in [-0.3, -0.25) is 4.79 Å². The molecule has 1 amide bonds. The number of likely N-dealkylation sites (tertiary alicyclic amines) is 1. The number of rotatable bonds is 2. The molecule has 1 aliphatic carbocycles. The van der Waals surface area contributed by atoms with E-state index in [0.29, 0.717) is 23.7 Å². The molecular formula is C15H23N5O. The van der Waals surface area contributed by atoms with E-state index >= 15 is 0 Å². The van der Waals surface area contributed by atoms with E-state index < -0.39 is 0 Å². The molecule has 114 valence electrons. The number of aromatic nitrogens is 3. The lowest BCUT2D eigenvalue weighted by Gasteiger charge is -2.43. The third kappa shape index (κ3) is 2.35. The predicted molar refractivity (Wildman–Crippen MR) is 77.9 cm³/mol. The van der Waals surface area contributed by atoms with Gasteiger partial charge in [0, 0.05) is 25.7 Å². The Kier molecular flexibility index (Phi) is 3.41. The van der Waals surface area contributed by atoms with E-state index in [1.807, 2.05) is 10.9 Å². The van der Waals surface area contributed by atoms with Crippen molar-refractivity contribution in [2.75, 3.05) is 19.6 Å². The molecule has 1 aromatic rings. The smallest absolute Gasteiger partial charge is 0.276 e. The number of amides is 1. The Labute approximate surface area is 124 Å². The first-order chi connectivity index (χ1) is 10.3. The minimum Gasteiger partial charge on any atom is -0.334 e. The lowest BCUT2D eigenvalue weighted by atomic mass is 9.78. The summed E-state index contributed by atoms with van der Waals surface area (Å²) < 4.78 is 1.84. The zero-order chi connectivity index (χ0) is 14.2. The average Bonchev–Trinajstić information content (AvgIpc) is 2.93. The summed E-state index contributed by atoms with van der Waals surface area (Å²) in [6.07, 6.45) is 9.29. The number of nitrogens with one attached hydrogen (secondary N) is 1. The lowest BCUT2D eigenvalue weighted by Crippen LogP contribution is -2.49. The van der Waals surface area contributed by atoms with Crippen LogP contribution in [0.15, 0.2) is 6.20 Å². The van der Waals surface area contributed by atoms with Crippen molar-refractivity contribution in [3.05, 3.63) is 11.9 Å². The summed E-state index contributed by atoms with van der Waals surface area (Å²) in [7, 11) is 0. The maximum Gasteiger partial charge on any atom is 0.276 e. The third-order valence-electron chi connectivity index (χ3n) is 5.37. The number of hydrogen-bond donors (Lipinski definition) is 1. The highest BCUT2D eigenvalue weighted by Gasteiger charge is 2.37.